The van der Waals surface area contributed by atoms with E-state index in [0.717, 1.165) is 10.5 Å². The Balaban J connectivity index is 1.62. The van der Waals surface area contributed by atoms with E-state index in [0.29, 0.717) is 36.9 Å². The molecule has 1 saturated heterocycles. The van der Waals surface area contributed by atoms with E-state index in [-0.39, 0.29) is 45.6 Å². The Bertz CT molecular complexity index is 1750. The highest BCUT2D eigenvalue weighted by Crippen LogP contribution is 2.40. The van der Waals surface area contributed by atoms with Gasteiger partial charge < -0.3 is 23.5 Å². The molecule has 0 unspecified atom stereocenters. The third-order valence-corrected chi connectivity index (χ3v) is 7.93. The van der Waals surface area contributed by atoms with Crippen LogP contribution in [0.2, 0.25) is 5.02 Å². The van der Waals surface area contributed by atoms with Crippen molar-refractivity contribution in [2.75, 3.05) is 26.3 Å². The summed E-state index contributed by atoms with van der Waals surface area (Å²) < 4.78 is 65.4. The van der Waals surface area contributed by atoms with Crippen molar-refractivity contribution >= 4 is 28.5 Å². The summed E-state index contributed by atoms with van der Waals surface area (Å²) in [5.41, 5.74) is 0.535. The Kier molecular flexibility index (Phi) is 8.80. The standard InChI is InChI=1S/C33H31ClF3NO6/c1-19-17-22(9-11-25(19)34)42-29-27(39)23-10-12-26(43-31(40)20-5-7-21(8-6-20)32(2,3)4)24(18-38-13-15-41-16-14-38)28(23)44-30(29)33(35,36)37/h5-12,17H,13-16,18H2,1-4H3/p+1. The molecule has 44 heavy (non-hydrogen) atoms. The molecule has 0 aliphatic carbocycles. The number of ether oxygens (including phenoxy) is 3. The van der Waals surface area contributed by atoms with Gasteiger partial charge in [-0.05, 0) is 65.9 Å². The maximum absolute atomic E-state index is 14.4. The van der Waals surface area contributed by atoms with Crippen molar-refractivity contribution in [3.05, 3.63) is 97.9 Å². The molecule has 0 saturated carbocycles. The Morgan fingerprint density at radius 3 is 2.30 bits per heavy atom. The minimum absolute atomic E-state index is 0.000316. The van der Waals surface area contributed by atoms with E-state index in [9.17, 15) is 22.8 Å². The fraction of sp³-hybridized carbons (Fsp3) is 0.333. The molecule has 0 atom stereocenters. The number of alkyl halides is 3. The van der Waals surface area contributed by atoms with Gasteiger partial charge in [-0.15, -0.1) is 0 Å². The third kappa shape index (κ3) is 6.77. The van der Waals surface area contributed by atoms with Crippen LogP contribution in [-0.4, -0.2) is 32.3 Å². The first-order chi connectivity index (χ1) is 20.7. The molecule has 5 rings (SSSR count). The van der Waals surface area contributed by atoms with Gasteiger partial charge in [-0.1, -0.05) is 44.5 Å². The highest BCUT2D eigenvalue weighted by Gasteiger charge is 2.41. The molecule has 1 aliphatic heterocycles. The van der Waals surface area contributed by atoms with Gasteiger partial charge in [0.05, 0.1) is 29.7 Å². The molecular formula is C33H32ClF3NO6+. The molecule has 0 bridgehead atoms. The average molecular weight is 631 g/mol. The Morgan fingerprint density at radius 2 is 1.68 bits per heavy atom. The SMILES string of the molecule is Cc1cc(Oc2c(C(F)(F)F)oc3c(C[NH+]4CCOCC4)c(OC(=O)c4ccc(C(C)(C)C)cc4)ccc3c2=O)ccc1Cl. The number of esters is 1. The van der Waals surface area contributed by atoms with Crippen molar-refractivity contribution < 1.29 is 41.5 Å². The zero-order valence-corrected chi connectivity index (χ0v) is 25.4. The lowest BCUT2D eigenvalue weighted by Crippen LogP contribution is -3.12. The van der Waals surface area contributed by atoms with E-state index in [4.69, 9.17) is 30.2 Å². The molecule has 3 aromatic carbocycles. The Hall–Kier alpha value is -3.86. The van der Waals surface area contributed by atoms with Crippen molar-refractivity contribution in [3.8, 4) is 17.2 Å². The van der Waals surface area contributed by atoms with Crippen molar-refractivity contribution in [1.82, 2.24) is 0 Å². The summed E-state index contributed by atoms with van der Waals surface area (Å²) >= 11 is 6.05. The van der Waals surface area contributed by atoms with Crippen LogP contribution in [0.25, 0.3) is 11.0 Å². The van der Waals surface area contributed by atoms with Crippen molar-refractivity contribution in [3.63, 3.8) is 0 Å². The van der Waals surface area contributed by atoms with Crippen LogP contribution in [0.1, 0.15) is 53.6 Å². The number of carbonyl (C=O) groups excluding carboxylic acids is 1. The maximum atomic E-state index is 14.4. The summed E-state index contributed by atoms with van der Waals surface area (Å²) in [6.45, 7) is 9.95. The zero-order valence-electron chi connectivity index (χ0n) is 24.7. The molecule has 1 aliphatic rings. The van der Waals surface area contributed by atoms with E-state index in [1.54, 1.807) is 19.1 Å². The molecule has 11 heteroatoms. The molecular weight excluding hydrogens is 599 g/mol. The van der Waals surface area contributed by atoms with Gasteiger partial charge in [-0.25, -0.2) is 4.79 Å². The second kappa shape index (κ2) is 12.3. The molecule has 1 fully saturated rings. The van der Waals surface area contributed by atoms with Crippen LogP contribution < -0.4 is 19.8 Å². The lowest BCUT2D eigenvalue weighted by molar-refractivity contribution is -0.921. The molecule has 2 heterocycles. The van der Waals surface area contributed by atoms with Gasteiger partial charge in [0, 0.05) is 5.02 Å². The van der Waals surface area contributed by atoms with E-state index < -0.39 is 29.1 Å². The number of hydrogen-bond donors (Lipinski definition) is 1. The second-order valence-corrected chi connectivity index (χ2v) is 12.2. The number of rotatable bonds is 6. The Labute approximate surface area is 257 Å². The largest absolute Gasteiger partial charge is 0.453 e. The first-order valence-corrected chi connectivity index (χ1v) is 14.5. The van der Waals surface area contributed by atoms with Gasteiger partial charge in [0.25, 0.3) is 5.76 Å². The number of nitrogens with one attached hydrogen (secondary N) is 1. The van der Waals surface area contributed by atoms with Gasteiger partial charge in [-0.3, -0.25) is 4.79 Å². The molecule has 232 valence electrons. The van der Waals surface area contributed by atoms with E-state index in [1.807, 2.05) is 32.9 Å². The van der Waals surface area contributed by atoms with E-state index in [2.05, 4.69) is 0 Å². The number of carbonyl (C=O) groups is 1. The van der Waals surface area contributed by atoms with Gasteiger partial charge in [-0.2, -0.15) is 13.2 Å². The van der Waals surface area contributed by atoms with Crippen LogP contribution in [0.15, 0.2) is 63.8 Å². The van der Waals surface area contributed by atoms with Crippen molar-refractivity contribution in [1.29, 1.82) is 0 Å². The van der Waals surface area contributed by atoms with E-state index in [1.165, 1.54) is 30.3 Å². The average Bonchev–Trinajstić information content (AvgIpc) is 2.97. The summed E-state index contributed by atoms with van der Waals surface area (Å²) in [4.78, 5) is 27.8. The number of halogens is 4. The first kappa shape index (κ1) is 31.6. The topological polar surface area (TPSA) is 79.4 Å². The van der Waals surface area contributed by atoms with Gasteiger partial charge in [0.1, 0.15) is 31.1 Å². The second-order valence-electron chi connectivity index (χ2n) is 11.8. The van der Waals surface area contributed by atoms with Crippen LogP contribution in [0.4, 0.5) is 13.2 Å². The normalized spacial score (nSPS) is 14.5. The Morgan fingerprint density at radius 1 is 1.00 bits per heavy atom. The van der Waals surface area contributed by atoms with Crippen LogP contribution >= 0.6 is 11.6 Å². The number of morpholine rings is 1. The molecule has 0 radical (unpaired) electrons. The minimum Gasteiger partial charge on any atom is -0.449 e. The third-order valence-electron chi connectivity index (χ3n) is 7.50. The van der Waals surface area contributed by atoms with Crippen molar-refractivity contribution in [2.45, 2.75) is 45.8 Å². The summed E-state index contributed by atoms with van der Waals surface area (Å²) in [6, 6.07) is 13.9. The quantitative estimate of drug-likeness (QED) is 0.194. The molecule has 1 N–H and O–H groups in total. The summed E-state index contributed by atoms with van der Waals surface area (Å²) in [5, 5.41) is 0.247. The summed E-state index contributed by atoms with van der Waals surface area (Å²) in [7, 11) is 0. The molecule has 1 aromatic heterocycles. The minimum atomic E-state index is -5.07. The molecule has 4 aromatic rings. The fourth-order valence-electron chi connectivity index (χ4n) is 4.97. The predicted molar refractivity (Wildman–Crippen MR) is 159 cm³/mol. The van der Waals surface area contributed by atoms with Crippen molar-refractivity contribution in [2.24, 2.45) is 0 Å². The highest BCUT2D eigenvalue weighted by atomic mass is 35.5. The first-order valence-electron chi connectivity index (χ1n) is 14.1. The van der Waals surface area contributed by atoms with Gasteiger partial charge in [0.15, 0.2) is 5.58 Å². The number of hydrogen-bond acceptors (Lipinski definition) is 6. The molecule has 7 nitrogen and oxygen atoms in total. The van der Waals surface area contributed by atoms with Crippen LogP contribution in [-0.2, 0) is 22.9 Å². The summed E-state index contributed by atoms with van der Waals surface area (Å²) in [6.07, 6.45) is -5.07. The smallest absolute Gasteiger partial charge is 0.449 e. The van der Waals surface area contributed by atoms with E-state index >= 15 is 0 Å². The van der Waals surface area contributed by atoms with Gasteiger partial charge in [0.2, 0.25) is 11.2 Å². The number of aryl methyl sites for hydroxylation is 1. The fourth-order valence-corrected chi connectivity index (χ4v) is 5.09. The van der Waals surface area contributed by atoms with Crippen LogP contribution in [0.5, 0.6) is 17.2 Å². The van der Waals surface area contributed by atoms with Crippen LogP contribution in [0, 0.1) is 6.92 Å². The lowest BCUT2D eigenvalue weighted by Gasteiger charge is -2.25. The van der Waals surface area contributed by atoms with Crippen LogP contribution in [0.3, 0.4) is 0 Å². The van der Waals surface area contributed by atoms with Gasteiger partial charge >= 0.3 is 12.1 Å². The maximum Gasteiger partial charge on any atom is 0.453 e. The lowest BCUT2D eigenvalue weighted by atomic mass is 9.87. The molecule has 0 spiro atoms. The number of benzene rings is 3. The number of quaternary nitrogens is 1. The monoisotopic (exact) mass is 630 g/mol. The zero-order chi connectivity index (χ0) is 31.8. The predicted octanol–water partition coefficient (Wildman–Crippen LogP) is 6.50. The highest BCUT2D eigenvalue weighted by molar-refractivity contribution is 6.31. The summed E-state index contributed by atoms with van der Waals surface area (Å²) in [5.74, 6) is -3.30. The number of fused-ring (bicyclic) bond motifs is 1. The molecule has 0 amide bonds.